The first-order valence-corrected chi connectivity index (χ1v) is 21.8. The van der Waals surface area contributed by atoms with Crippen molar-refractivity contribution in [2.75, 3.05) is 13.2 Å². The van der Waals surface area contributed by atoms with Crippen LogP contribution in [0.25, 0.3) is 6.08 Å². The van der Waals surface area contributed by atoms with Gasteiger partial charge in [0.25, 0.3) is 0 Å². The molecule has 4 aromatic carbocycles. The minimum absolute atomic E-state index is 0.0177. The zero-order chi connectivity index (χ0) is 43.4. The summed E-state index contributed by atoms with van der Waals surface area (Å²) >= 11 is 0. The lowest BCUT2D eigenvalue weighted by Gasteiger charge is -2.26. The minimum atomic E-state index is -0.497. The van der Waals surface area contributed by atoms with Crippen LogP contribution in [-0.4, -0.2) is 45.1 Å². The molecule has 1 aliphatic carbocycles. The second kappa shape index (κ2) is 21.0. The van der Waals surface area contributed by atoms with Gasteiger partial charge in [0, 0.05) is 60.4 Å². The molecule has 9 nitrogen and oxygen atoms in total. The molecule has 9 heteroatoms. The second-order valence-corrected chi connectivity index (χ2v) is 16.6. The monoisotopic (exact) mass is 831 g/mol. The van der Waals surface area contributed by atoms with E-state index in [1.807, 2.05) is 54.8 Å². The van der Waals surface area contributed by atoms with Crippen molar-refractivity contribution >= 4 is 17.6 Å². The predicted molar refractivity (Wildman–Crippen MR) is 244 cm³/mol. The number of phenols is 2. The number of Topliss-reactive ketones (excluding diaryl/α,β-unsaturated/α-hetero) is 1. The molecule has 7 rings (SSSR count). The summed E-state index contributed by atoms with van der Waals surface area (Å²) in [6.45, 7) is 2.70. The zero-order valence-electron chi connectivity index (χ0n) is 35.5. The van der Waals surface area contributed by atoms with Crippen molar-refractivity contribution in [1.82, 2.24) is 10.3 Å². The van der Waals surface area contributed by atoms with Gasteiger partial charge in [0.05, 0.1) is 13.0 Å². The van der Waals surface area contributed by atoms with E-state index in [9.17, 15) is 24.9 Å². The number of nitrogens with one attached hydrogen (secondary N) is 2. The summed E-state index contributed by atoms with van der Waals surface area (Å²) in [5, 5.41) is 34.5. The minimum Gasteiger partial charge on any atom is -0.508 e. The maximum atomic E-state index is 13.9. The largest absolute Gasteiger partial charge is 0.508 e. The smallest absolute Gasteiger partial charge is 0.165 e. The second-order valence-electron chi connectivity index (χ2n) is 16.6. The van der Waals surface area contributed by atoms with E-state index in [0.717, 1.165) is 71.2 Å². The lowest BCUT2D eigenvalue weighted by atomic mass is 9.80. The maximum Gasteiger partial charge on any atom is 0.165 e. The van der Waals surface area contributed by atoms with E-state index in [1.165, 1.54) is 11.1 Å². The molecule has 0 spiro atoms. The first kappa shape index (κ1) is 43.7. The van der Waals surface area contributed by atoms with Gasteiger partial charge in [-0.05, 0) is 138 Å². The number of nitrogens with two attached hydrogens (primary N) is 1. The molecule has 3 unspecified atom stereocenters. The van der Waals surface area contributed by atoms with Gasteiger partial charge in [0.1, 0.15) is 11.9 Å². The number of phenolic OH excluding ortho intramolecular Hbond substituents is 2. The van der Waals surface area contributed by atoms with Gasteiger partial charge >= 0.3 is 0 Å². The van der Waals surface area contributed by atoms with E-state index in [4.69, 9.17) is 10.5 Å². The van der Waals surface area contributed by atoms with Crippen LogP contribution in [0.15, 0.2) is 103 Å². The third kappa shape index (κ3) is 11.1. The topological polar surface area (TPSA) is 158 Å². The fourth-order valence-corrected chi connectivity index (χ4v) is 8.52. The van der Waals surface area contributed by atoms with Crippen LogP contribution in [0.4, 0.5) is 0 Å². The molecule has 2 heterocycles. The molecule has 0 fully saturated rings. The molecule has 0 amide bonds. The normalized spacial score (nSPS) is 16.1. The van der Waals surface area contributed by atoms with Gasteiger partial charge in [-0.25, -0.2) is 0 Å². The molecule has 320 valence electrons. The molecular formula is C53H57N3O6. The van der Waals surface area contributed by atoms with Crippen LogP contribution in [0.2, 0.25) is 0 Å². The molecule has 0 radical (unpaired) electrons. The molecule has 5 aromatic rings. The van der Waals surface area contributed by atoms with Gasteiger partial charge in [-0.15, -0.1) is 0 Å². The molecule has 0 bridgehead atoms. The predicted octanol–water partition coefficient (Wildman–Crippen LogP) is 8.92. The third-order valence-corrected chi connectivity index (χ3v) is 12.1. The van der Waals surface area contributed by atoms with Gasteiger partial charge in [0.15, 0.2) is 23.1 Å². The van der Waals surface area contributed by atoms with Crippen LogP contribution >= 0.6 is 0 Å². The average molecular weight is 832 g/mol. The number of aromatic nitrogens is 1. The fourth-order valence-electron chi connectivity index (χ4n) is 8.52. The number of aliphatic hydroxyl groups is 1. The maximum absolute atomic E-state index is 13.9. The number of H-pyrrole nitrogens is 1. The number of benzene rings is 4. The molecule has 7 N–H and O–H groups in total. The summed E-state index contributed by atoms with van der Waals surface area (Å²) in [6.07, 6.45) is 16.5. The number of hydrogen-bond donors (Lipinski definition) is 6. The van der Waals surface area contributed by atoms with Gasteiger partial charge in [-0.2, -0.15) is 0 Å². The molecule has 0 saturated heterocycles. The molecule has 1 aliphatic heterocycles. The molecule has 1 aromatic heterocycles. The Morgan fingerprint density at radius 1 is 0.919 bits per heavy atom. The highest BCUT2D eigenvalue weighted by Gasteiger charge is 2.28. The number of fused-ring (bicyclic) bond motifs is 3. The quantitative estimate of drug-likeness (QED) is 0.0290. The zero-order valence-corrected chi connectivity index (χ0v) is 35.5. The summed E-state index contributed by atoms with van der Waals surface area (Å²) in [4.78, 5) is 29.8. The summed E-state index contributed by atoms with van der Waals surface area (Å²) in [5.74, 6) is 7.14. The van der Waals surface area contributed by atoms with E-state index < -0.39 is 12.1 Å². The number of allylic oxidation sites excluding steroid dienone is 2. The Hall–Kier alpha value is -6.34. The van der Waals surface area contributed by atoms with E-state index in [2.05, 4.69) is 47.3 Å². The number of aromatic amines is 1. The standard InChI is InChI=1S/C53H57N3O6/c1-35(14-18-38-9-5-6-10-39(38)24-28-57)8-3-2-4-12-42(58)19-15-36-17-21-50(60)52(31-36)62-29-25-37-16-20-49(59)47(30-37)46-34-51(61)43-23-27-55-48(43)13-7-11-40-33-45-41(32-44(40)46)22-26-56-53(45)54/h4-6,9-10,12,16-17,20-23,26-27,30-33,35,46,53,55-57,59-60H,2-3,8,13-15,18-19,24-25,28-29,34,54H2,1H3. The third-order valence-electron chi connectivity index (χ3n) is 12.1. The number of rotatable bonds is 18. The molecular weight excluding hydrogens is 775 g/mol. The van der Waals surface area contributed by atoms with Crippen LogP contribution in [0, 0.1) is 17.8 Å². The van der Waals surface area contributed by atoms with Crippen molar-refractivity contribution in [2.45, 2.75) is 89.6 Å². The number of hydrogen-bond acceptors (Lipinski definition) is 8. The van der Waals surface area contributed by atoms with Gasteiger partial charge < -0.3 is 36.1 Å². The first-order valence-electron chi connectivity index (χ1n) is 21.8. The van der Waals surface area contributed by atoms with E-state index in [1.54, 1.807) is 36.5 Å². The Morgan fingerprint density at radius 2 is 1.71 bits per heavy atom. The first-order chi connectivity index (χ1) is 30.2. The van der Waals surface area contributed by atoms with Crippen LogP contribution in [-0.2, 0) is 36.9 Å². The number of ether oxygens (including phenoxy) is 1. The van der Waals surface area contributed by atoms with Crippen molar-refractivity contribution in [3.05, 3.63) is 165 Å². The van der Waals surface area contributed by atoms with E-state index >= 15 is 0 Å². The molecule has 62 heavy (non-hydrogen) atoms. The Morgan fingerprint density at radius 3 is 2.53 bits per heavy atom. The Kier molecular flexibility index (Phi) is 14.8. The Balaban J connectivity index is 0.942. The van der Waals surface area contributed by atoms with E-state index in [-0.39, 0.29) is 42.7 Å². The highest BCUT2D eigenvalue weighted by Crippen LogP contribution is 2.40. The van der Waals surface area contributed by atoms with Gasteiger partial charge in [-0.1, -0.05) is 73.7 Å². The van der Waals surface area contributed by atoms with E-state index in [0.29, 0.717) is 54.9 Å². The van der Waals surface area contributed by atoms with Gasteiger partial charge in [-0.3, -0.25) is 9.59 Å². The average Bonchev–Trinajstić information content (AvgIpc) is 3.75. The van der Waals surface area contributed by atoms with Crippen molar-refractivity contribution in [2.24, 2.45) is 11.7 Å². The number of carbonyl (C=O) groups is 2. The van der Waals surface area contributed by atoms with Crippen LogP contribution in [0.1, 0.15) is 124 Å². The van der Waals surface area contributed by atoms with Gasteiger partial charge in [0.2, 0.25) is 0 Å². The molecule has 3 atom stereocenters. The SMILES string of the molecule is CC(CCCC=CC(=O)CCc1ccc(O)c(OCCc2ccc(O)c(C3CC(=O)c4cc[nH]c4CC#Cc4cc5c(cc43)C=CNC5N)c2)c1)CCc1ccccc1CCO. The molecule has 2 aliphatic rings. The van der Waals surface area contributed by atoms with Crippen LogP contribution < -0.4 is 15.8 Å². The molecule has 0 saturated carbocycles. The van der Waals surface area contributed by atoms with Crippen LogP contribution in [0.5, 0.6) is 17.2 Å². The highest BCUT2D eigenvalue weighted by atomic mass is 16.5. The Labute approximate surface area is 364 Å². The summed E-state index contributed by atoms with van der Waals surface area (Å²) in [7, 11) is 0. The number of unbranched alkanes of at least 4 members (excludes halogenated alkanes) is 1. The number of aliphatic hydroxyl groups excluding tert-OH is 1. The van der Waals surface area contributed by atoms with Crippen molar-refractivity contribution in [3.63, 3.8) is 0 Å². The van der Waals surface area contributed by atoms with Crippen molar-refractivity contribution in [3.8, 4) is 29.1 Å². The van der Waals surface area contributed by atoms with Crippen LogP contribution in [0.3, 0.4) is 0 Å². The van der Waals surface area contributed by atoms with Crippen molar-refractivity contribution < 1.29 is 29.6 Å². The lowest BCUT2D eigenvalue weighted by molar-refractivity contribution is -0.114. The summed E-state index contributed by atoms with van der Waals surface area (Å²) < 4.78 is 6.09. The summed E-state index contributed by atoms with van der Waals surface area (Å²) in [6, 6.07) is 24.8. The lowest BCUT2D eigenvalue weighted by Crippen LogP contribution is -2.27. The summed E-state index contributed by atoms with van der Waals surface area (Å²) in [5.41, 5.74) is 16.2. The highest BCUT2D eigenvalue weighted by molar-refractivity contribution is 5.98. The number of aromatic hydroxyl groups is 2. The Bertz CT molecular complexity index is 2500. The fraction of sp³-hybridized carbons (Fsp3) is 0.321. The number of ketones is 2. The number of carbonyl (C=O) groups excluding carboxylic acids is 2. The number of aryl methyl sites for hydroxylation is 2. The van der Waals surface area contributed by atoms with Crippen molar-refractivity contribution in [1.29, 1.82) is 0 Å².